The van der Waals surface area contributed by atoms with Crippen LogP contribution < -0.4 is 5.32 Å². The minimum Gasteiger partial charge on any atom is -0.466 e. The van der Waals surface area contributed by atoms with Crippen LogP contribution in [0.25, 0.3) is 0 Å². The molecule has 4 nitrogen and oxygen atoms in total. The van der Waals surface area contributed by atoms with Crippen LogP contribution in [0.4, 0.5) is 5.69 Å². The lowest BCUT2D eigenvalue weighted by molar-refractivity contribution is -0.143. The molecule has 0 fully saturated rings. The first-order chi connectivity index (χ1) is 8.65. The second-order valence-electron chi connectivity index (χ2n) is 4.19. The lowest BCUT2D eigenvalue weighted by atomic mass is 10.2. The number of carbonyl (C=O) groups excluding carboxylic acids is 1. The zero-order chi connectivity index (χ0) is 13.4. The van der Waals surface area contributed by atoms with Gasteiger partial charge in [-0.1, -0.05) is 12.1 Å². The minimum absolute atomic E-state index is 0.0434. The Morgan fingerprint density at radius 1 is 1.44 bits per heavy atom. The van der Waals surface area contributed by atoms with Crippen LogP contribution in [0.2, 0.25) is 0 Å². The second kappa shape index (κ2) is 7.71. The fraction of sp³-hybridized carbons (Fsp3) is 0.500. The Balaban J connectivity index is 2.50. The molecule has 0 bridgehead atoms. The molecule has 0 saturated heterocycles. The first kappa shape index (κ1) is 14.5. The van der Waals surface area contributed by atoms with Crippen LogP contribution in [-0.4, -0.2) is 25.7 Å². The van der Waals surface area contributed by atoms with Crippen LogP contribution in [-0.2, 0) is 20.9 Å². The van der Waals surface area contributed by atoms with Crippen molar-refractivity contribution in [3.05, 3.63) is 29.8 Å². The van der Waals surface area contributed by atoms with Crippen molar-refractivity contribution in [3.8, 4) is 0 Å². The molecule has 1 rings (SSSR count). The number of ether oxygens (including phenoxy) is 2. The smallest absolute Gasteiger partial charge is 0.307 e. The molecular weight excluding hydrogens is 230 g/mol. The summed E-state index contributed by atoms with van der Waals surface area (Å²) in [6, 6.07) is 8.01. The van der Waals surface area contributed by atoms with Gasteiger partial charge in [0.25, 0.3) is 0 Å². The maximum Gasteiger partial charge on any atom is 0.307 e. The van der Waals surface area contributed by atoms with Crippen LogP contribution in [0.3, 0.4) is 0 Å². The maximum absolute atomic E-state index is 11.3. The quantitative estimate of drug-likeness (QED) is 0.757. The van der Waals surface area contributed by atoms with E-state index in [1.165, 1.54) is 0 Å². The minimum atomic E-state index is -0.175. The van der Waals surface area contributed by atoms with Gasteiger partial charge in [-0.2, -0.15) is 0 Å². The predicted molar refractivity (Wildman–Crippen MR) is 71.5 cm³/mol. The monoisotopic (exact) mass is 251 g/mol. The van der Waals surface area contributed by atoms with E-state index in [0.717, 1.165) is 11.3 Å². The Hall–Kier alpha value is -1.55. The number of esters is 1. The molecular formula is C14H21NO3. The van der Waals surface area contributed by atoms with Gasteiger partial charge >= 0.3 is 5.97 Å². The van der Waals surface area contributed by atoms with Gasteiger partial charge in [-0.05, 0) is 31.5 Å². The summed E-state index contributed by atoms with van der Waals surface area (Å²) in [5.74, 6) is -0.175. The highest BCUT2D eigenvalue weighted by molar-refractivity contribution is 5.70. The van der Waals surface area contributed by atoms with E-state index in [9.17, 15) is 4.79 Å². The lowest BCUT2D eigenvalue weighted by Gasteiger charge is -2.15. The molecule has 0 saturated carbocycles. The molecule has 0 aliphatic carbocycles. The summed E-state index contributed by atoms with van der Waals surface area (Å²) in [4.78, 5) is 11.3. The number of hydrogen-bond donors (Lipinski definition) is 1. The normalized spacial score (nSPS) is 11.9. The van der Waals surface area contributed by atoms with E-state index in [-0.39, 0.29) is 12.0 Å². The number of rotatable bonds is 7. The molecule has 1 aromatic carbocycles. The third-order valence-corrected chi connectivity index (χ3v) is 2.43. The third kappa shape index (κ3) is 5.19. The molecule has 1 N–H and O–H groups in total. The Morgan fingerprint density at radius 2 is 2.22 bits per heavy atom. The van der Waals surface area contributed by atoms with Crippen LogP contribution in [0.15, 0.2) is 24.3 Å². The lowest BCUT2D eigenvalue weighted by Crippen LogP contribution is -2.21. The highest BCUT2D eigenvalue weighted by Crippen LogP contribution is 2.13. The summed E-state index contributed by atoms with van der Waals surface area (Å²) in [6.07, 6.45) is 0.363. The Bertz CT molecular complexity index is 379. The van der Waals surface area contributed by atoms with E-state index in [0.29, 0.717) is 19.6 Å². The van der Waals surface area contributed by atoms with Gasteiger partial charge < -0.3 is 14.8 Å². The molecule has 4 heteroatoms. The van der Waals surface area contributed by atoms with E-state index in [1.807, 2.05) is 38.1 Å². The van der Waals surface area contributed by atoms with E-state index in [1.54, 1.807) is 7.11 Å². The molecule has 0 aromatic heterocycles. The molecule has 18 heavy (non-hydrogen) atoms. The standard InChI is InChI=1S/C14H21NO3/c1-4-18-14(16)8-11(2)15-13-7-5-6-12(9-13)10-17-3/h5-7,9,11,15H,4,8,10H2,1-3H3. The van der Waals surface area contributed by atoms with Gasteiger partial charge in [-0.25, -0.2) is 0 Å². The molecule has 1 unspecified atom stereocenters. The summed E-state index contributed by atoms with van der Waals surface area (Å²) in [5.41, 5.74) is 2.09. The van der Waals surface area contributed by atoms with Crippen molar-refractivity contribution in [2.24, 2.45) is 0 Å². The number of nitrogens with one attached hydrogen (secondary N) is 1. The largest absolute Gasteiger partial charge is 0.466 e. The van der Waals surface area contributed by atoms with Crippen LogP contribution in [0, 0.1) is 0 Å². The number of carbonyl (C=O) groups is 1. The van der Waals surface area contributed by atoms with Gasteiger partial charge in [0.2, 0.25) is 0 Å². The van der Waals surface area contributed by atoms with E-state index in [2.05, 4.69) is 5.32 Å². The van der Waals surface area contributed by atoms with Gasteiger partial charge in [0, 0.05) is 18.8 Å². The predicted octanol–water partition coefficient (Wildman–Crippen LogP) is 2.59. The summed E-state index contributed by atoms with van der Waals surface area (Å²) in [7, 11) is 1.67. The van der Waals surface area contributed by atoms with Gasteiger partial charge in [0.15, 0.2) is 0 Å². The topological polar surface area (TPSA) is 47.6 Å². The average molecular weight is 251 g/mol. The SMILES string of the molecule is CCOC(=O)CC(C)Nc1cccc(COC)c1. The van der Waals surface area contributed by atoms with Crippen LogP contribution in [0.1, 0.15) is 25.8 Å². The van der Waals surface area contributed by atoms with E-state index < -0.39 is 0 Å². The number of methoxy groups -OCH3 is 1. The molecule has 100 valence electrons. The van der Waals surface area contributed by atoms with Crippen molar-refractivity contribution in [1.29, 1.82) is 0 Å². The zero-order valence-electron chi connectivity index (χ0n) is 11.2. The van der Waals surface area contributed by atoms with Gasteiger partial charge in [-0.3, -0.25) is 4.79 Å². The molecule has 0 aliphatic heterocycles. The highest BCUT2D eigenvalue weighted by Gasteiger charge is 2.09. The van der Waals surface area contributed by atoms with E-state index in [4.69, 9.17) is 9.47 Å². The number of benzene rings is 1. The van der Waals surface area contributed by atoms with Crippen molar-refractivity contribution in [2.45, 2.75) is 32.9 Å². The summed E-state index contributed by atoms with van der Waals surface area (Å²) in [5, 5.41) is 3.27. The number of anilines is 1. The fourth-order valence-corrected chi connectivity index (χ4v) is 1.72. The Morgan fingerprint density at radius 3 is 2.89 bits per heavy atom. The molecule has 0 aliphatic rings. The summed E-state index contributed by atoms with van der Waals surface area (Å²) in [6.45, 7) is 4.78. The maximum atomic E-state index is 11.3. The fourth-order valence-electron chi connectivity index (χ4n) is 1.72. The van der Waals surface area contributed by atoms with Crippen LogP contribution in [0.5, 0.6) is 0 Å². The zero-order valence-corrected chi connectivity index (χ0v) is 11.2. The molecule has 1 atom stereocenters. The van der Waals surface area contributed by atoms with Crippen molar-refractivity contribution in [2.75, 3.05) is 19.0 Å². The first-order valence-corrected chi connectivity index (χ1v) is 6.15. The highest BCUT2D eigenvalue weighted by atomic mass is 16.5. The van der Waals surface area contributed by atoms with Gasteiger partial charge in [0.05, 0.1) is 19.6 Å². The van der Waals surface area contributed by atoms with Crippen molar-refractivity contribution in [1.82, 2.24) is 0 Å². The summed E-state index contributed by atoms with van der Waals surface area (Å²) < 4.78 is 10.00. The van der Waals surface area contributed by atoms with Crippen molar-refractivity contribution in [3.63, 3.8) is 0 Å². The van der Waals surface area contributed by atoms with Gasteiger partial charge in [-0.15, -0.1) is 0 Å². The third-order valence-electron chi connectivity index (χ3n) is 2.43. The average Bonchev–Trinajstić information content (AvgIpc) is 2.29. The number of hydrogen-bond acceptors (Lipinski definition) is 4. The molecule has 0 heterocycles. The van der Waals surface area contributed by atoms with Gasteiger partial charge in [0.1, 0.15) is 0 Å². The molecule has 0 spiro atoms. The molecule has 1 aromatic rings. The van der Waals surface area contributed by atoms with Crippen molar-refractivity contribution < 1.29 is 14.3 Å². The second-order valence-corrected chi connectivity index (χ2v) is 4.19. The van der Waals surface area contributed by atoms with E-state index >= 15 is 0 Å². The molecule has 0 radical (unpaired) electrons. The summed E-state index contributed by atoms with van der Waals surface area (Å²) >= 11 is 0. The van der Waals surface area contributed by atoms with Crippen molar-refractivity contribution >= 4 is 11.7 Å². The Labute approximate surface area is 108 Å². The van der Waals surface area contributed by atoms with Crippen LogP contribution >= 0.6 is 0 Å². The molecule has 0 amide bonds. The first-order valence-electron chi connectivity index (χ1n) is 6.15. The Kier molecular flexibility index (Phi) is 6.22.